The molecule has 1 aromatic carbocycles. The molecular formula is C13H10BrCl2NOS. The number of rotatable bonds is 3. The van der Waals surface area contributed by atoms with E-state index >= 15 is 0 Å². The monoisotopic (exact) mass is 377 g/mol. The zero-order valence-corrected chi connectivity index (χ0v) is 13.9. The first-order valence-electron chi connectivity index (χ1n) is 5.42. The molecule has 19 heavy (non-hydrogen) atoms. The van der Waals surface area contributed by atoms with E-state index in [0.717, 1.165) is 9.21 Å². The predicted octanol–water partition coefficient (Wildman–Crippen LogP) is 5.09. The summed E-state index contributed by atoms with van der Waals surface area (Å²) in [5.74, 6) is -0.0538. The molecule has 1 aromatic heterocycles. The minimum absolute atomic E-state index is 0.0538. The number of hydrogen-bond acceptors (Lipinski definition) is 2. The number of halogens is 3. The first kappa shape index (κ1) is 14.9. The molecule has 6 heteroatoms. The fourth-order valence-electron chi connectivity index (χ4n) is 1.59. The molecule has 2 aromatic rings. The molecule has 0 atom stereocenters. The average Bonchev–Trinajstić information content (AvgIpc) is 2.77. The topological polar surface area (TPSA) is 20.3 Å². The molecule has 0 fully saturated rings. The van der Waals surface area contributed by atoms with Crippen LogP contribution in [0.25, 0.3) is 0 Å². The molecule has 1 amide bonds. The summed E-state index contributed by atoms with van der Waals surface area (Å²) in [5, 5.41) is 0.587. The molecule has 0 N–H and O–H groups in total. The Hall–Kier alpha value is -0.550. The number of thiophene rings is 1. The highest BCUT2D eigenvalue weighted by Crippen LogP contribution is 2.25. The summed E-state index contributed by atoms with van der Waals surface area (Å²) in [5.41, 5.74) is 0.599. The van der Waals surface area contributed by atoms with E-state index in [0.29, 0.717) is 21.6 Å². The van der Waals surface area contributed by atoms with Gasteiger partial charge in [-0.3, -0.25) is 4.79 Å². The van der Waals surface area contributed by atoms with Crippen LogP contribution in [-0.4, -0.2) is 17.9 Å². The van der Waals surface area contributed by atoms with E-state index in [4.69, 9.17) is 23.2 Å². The fraction of sp³-hybridized carbons (Fsp3) is 0.154. The molecule has 0 saturated heterocycles. The maximum atomic E-state index is 12.3. The molecule has 2 rings (SSSR count). The quantitative estimate of drug-likeness (QED) is 0.728. The SMILES string of the molecule is CN(Cc1ccc(Cl)s1)C(=O)c1ccc(Cl)c(Br)c1. The average molecular weight is 379 g/mol. The molecular weight excluding hydrogens is 369 g/mol. The van der Waals surface area contributed by atoms with Gasteiger partial charge in [0.1, 0.15) is 0 Å². The van der Waals surface area contributed by atoms with Crippen LogP contribution in [0.15, 0.2) is 34.8 Å². The second-order valence-corrected chi connectivity index (χ2v) is 7.06. The number of benzene rings is 1. The first-order chi connectivity index (χ1) is 8.97. The second kappa shape index (κ2) is 6.27. The second-order valence-electron chi connectivity index (χ2n) is 4.00. The highest BCUT2D eigenvalue weighted by molar-refractivity contribution is 9.10. The van der Waals surface area contributed by atoms with Crippen molar-refractivity contribution in [3.05, 3.63) is 54.6 Å². The van der Waals surface area contributed by atoms with Crippen LogP contribution in [0.4, 0.5) is 0 Å². The molecule has 0 saturated carbocycles. The summed E-state index contributed by atoms with van der Waals surface area (Å²) in [6.07, 6.45) is 0. The number of carbonyl (C=O) groups is 1. The van der Waals surface area contributed by atoms with Gasteiger partial charge in [0.25, 0.3) is 5.91 Å². The molecule has 0 radical (unpaired) electrons. The Kier molecular flexibility index (Phi) is 4.90. The number of carbonyl (C=O) groups excluding carboxylic acids is 1. The van der Waals surface area contributed by atoms with Crippen molar-refractivity contribution in [2.45, 2.75) is 6.54 Å². The van der Waals surface area contributed by atoms with Crippen LogP contribution < -0.4 is 0 Å². The Morgan fingerprint density at radius 3 is 2.63 bits per heavy atom. The van der Waals surface area contributed by atoms with Crippen LogP contribution in [-0.2, 0) is 6.54 Å². The van der Waals surface area contributed by atoms with Gasteiger partial charge in [-0.15, -0.1) is 11.3 Å². The van der Waals surface area contributed by atoms with Crippen LogP contribution >= 0.6 is 50.5 Å². The number of hydrogen-bond donors (Lipinski definition) is 0. The van der Waals surface area contributed by atoms with E-state index in [1.54, 1.807) is 30.1 Å². The molecule has 0 aliphatic rings. The van der Waals surface area contributed by atoms with E-state index < -0.39 is 0 Å². The van der Waals surface area contributed by atoms with Crippen LogP contribution in [0.1, 0.15) is 15.2 Å². The molecule has 2 nitrogen and oxygen atoms in total. The maximum Gasteiger partial charge on any atom is 0.253 e. The van der Waals surface area contributed by atoms with Gasteiger partial charge in [0.2, 0.25) is 0 Å². The molecule has 0 aliphatic carbocycles. The van der Waals surface area contributed by atoms with Crippen LogP contribution in [0, 0.1) is 0 Å². The summed E-state index contributed by atoms with van der Waals surface area (Å²) < 4.78 is 1.44. The van der Waals surface area contributed by atoms with Gasteiger partial charge in [0.15, 0.2) is 0 Å². The third kappa shape index (κ3) is 3.72. The predicted molar refractivity (Wildman–Crippen MR) is 84.3 cm³/mol. The fourth-order valence-corrected chi connectivity index (χ4v) is 3.23. The van der Waals surface area contributed by atoms with Gasteiger partial charge in [0.05, 0.1) is 15.9 Å². The minimum Gasteiger partial charge on any atom is -0.337 e. The molecule has 0 bridgehead atoms. The Morgan fingerprint density at radius 2 is 2.05 bits per heavy atom. The Morgan fingerprint density at radius 1 is 1.32 bits per heavy atom. The lowest BCUT2D eigenvalue weighted by molar-refractivity contribution is 0.0786. The summed E-state index contributed by atoms with van der Waals surface area (Å²) in [6.45, 7) is 0.538. The van der Waals surface area contributed by atoms with Crippen LogP contribution in [0.2, 0.25) is 9.36 Å². The zero-order valence-electron chi connectivity index (χ0n) is 9.99. The lowest BCUT2D eigenvalue weighted by atomic mass is 10.2. The number of amides is 1. The third-order valence-electron chi connectivity index (χ3n) is 2.54. The normalized spacial score (nSPS) is 10.5. The maximum absolute atomic E-state index is 12.3. The van der Waals surface area contributed by atoms with Crippen molar-refractivity contribution in [2.75, 3.05) is 7.05 Å². The Labute approximate surface area is 134 Å². The van der Waals surface area contributed by atoms with E-state index in [2.05, 4.69) is 15.9 Å². The summed E-state index contributed by atoms with van der Waals surface area (Å²) in [4.78, 5) is 15.0. The third-order valence-corrected chi connectivity index (χ3v) is 4.96. The molecule has 1 heterocycles. The van der Waals surface area contributed by atoms with Gasteiger partial charge in [-0.05, 0) is 46.3 Å². The molecule has 0 aliphatic heterocycles. The van der Waals surface area contributed by atoms with Crippen molar-refractivity contribution < 1.29 is 4.79 Å². The largest absolute Gasteiger partial charge is 0.337 e. The minimum atomic E-state index is -0.0538. The van der Waals surface area contributed by atoms with Crippen molar-refractivity contribution in [3.8, 4) is 0 Å². The first-order valence-corrected chi connectivity index (χ1v) is 7.78. The summed E-state index contributed by atoms with van der Waals surface area (Å²) in [7, 11) is 1.76. The van der Waals surface area contributed by atoms with E-state index in [1.807, 2.05) is 12.1 Å². The van der Waals surface area contributed by atoms with E-state index in [9.17, 15) is 4.79 Å². The highest BCUT2D eigenvalue weighted by atomic mass is 79.9. The Bertz CT molecular complexity index is 614. The van der Waals surface area contributed by atoms with Gasteiger partial charge in [-0.1, -0.05) is 23.2 Å². The van der Waals surface area contributed by atoms with Crippen LogP contribution in [0.3, 0.4) is 0 Å². The van der Waals surface area contributed by atoms with E-state index in [1.165, 1.54) is 11.3 Å². The highest BCUT2D eigenvalue weighted by Gasteiger charge is 2.14. The zero-order chi connectivity index (χ0) is 14.0. The van der Waals surface area contributed by atoms with Crippen molar-refractivity contribution in [3.63, 3.8) is 0 Å². The molecule has 100 valence electrons. The van der Waals surface area contributed by atoms with Gasteiger partial charge in [-0.2, -0.15) is 0 Å². The summed E-state index contributed by atoms with van der Waals surface area (Å²) in [6, 6.07) is 8.90. The van der Waals surface area contributed by atoms with Crippen molar-refractivity contribution in [2.24, 2.45) is 0 Å². The molecule has 0 spiro atoms. The summed E-state index contributed by atoms with van der Waals surface area (Å²) >= 11 is 16.6. The van der Waals surface area contributed by atoms with Crippen molar-refractivity contribution >= 4 is 56.4 Å². The van der Waals surface area contributed by atoms with Crippen molar-refractivity contribution in [1.29, 1.82) is 0 Å². The van der Waals surface area contributed by atoms with Gasteiger partial charge >= 0.3 is 0 Å². The molecule has 0 unspecified atom stereocenters. The lowest BCUT2D eigenvalue weighted by Crippen LogP contribution is -2.25. The van der Waals surface area contributed by atoms with Crippen LogP contribution in [0.5, 0.6) is 0 Å². The van der Waals surface area contributed by atoms with E-state index in [-0.39, 0.29) is 5.91 Å². The number of nitrogens with zero attached hydrogens (tertiary/aromatic N) is 1. The smallest absolute Gasteiger partial charge is 0.253 e. The van der Waals surface area contributed by atoms with Gasteiger partial charge < -0.3 is 4.90 Å². The standard InChI is InChI=1S/C13H10BrCl2NOS/c1-17(7-9-3-5-12(16)19-9)13(18)8-2-4-11(15)10(14)6-8/h2-6H,7H2,1H3. The van der Waals surface area contributed by atoms with Gasteiger partial charge in [0, 0.05) is 22.0 Å². The Balaban J connectivity index is 2.12. The lowest BCUT2D eigenvalue weighted by Gasteiger charge is -2.16. The van der Waals surface area contributed by atoms with Crippen molar-refractivity contribution in [1.82, 2.24) is 4.90 Å². The van der Waals surface area contributed by atoms with Gasteiger partial charge in [-0.25, -0.2) is 0 Å².